The van der Waals surface area contributed by atoms with E-state index in [9.17, 15) is 8.42 Å². The third-order valence-corrected chi connectivity index (χ3v) is 4.35. The van der Waals surface area contributed by atoms with Crippen molar-refractivity contribution >= 4 is 31.6 Å². The Labute approximate surface area is 129 Å². The molecule has 0 saturated carbocycles. The number of hydrogen-bond acceptors (Lipinski definition) is 5. The zero-order valence-electron chi connectivity index (χ0n) is 10.4. The SMILES string of the molecule is N#Cc1ccc(S(=O)(=O)Nc2cc(Br)ccc2C#N)cn1. The van der Waals surface area contributed by atoms with Gasteiger partial charge in [-0.2, -0.15) is 10.5 Å². The van der Waals surface area contributed by atoms with E-state index < -0.39 is 10.0 Å². The predicted octanol–water partition coefficient (Wildman–Crippen LogP) is 2.39. The molecule has 0 unspecified atom stereocenters. The Morgan fingerprint density at radius 2 is 1.90 bits per heavy atom. The Bertz CT molecular complexity index is 865. The summed E-state index contributed by atoms with van der Waals surface area (Å²) in [5.41, 5.74) is 0.480. The highest BCUT2D eigenvalue weighted by molar-refractivity contribution is 9.10. The largest absolute Gasteiger partial charge is 0.278 e. The fraction of sp³-hybridized carbons (Fsp3) is 0. The maximum atomic E-state index is 12.2. The van der Waals surface area contributed by atoms with Gasteiger partial charge in [0.05, 0.1) is 11.3 Å². The fourth-order valence-corrected chi connectivity index (χ4v) is 2.88. The summed E-state index contributed by atoms with van der Waals surface area (Å²) in [5, 5.41) is 17.6. The zero-order valence-corrected chi connectivity index (χ0v) is 12.8. The highest BCUT2D eigenvalue weighted by Gasteiger charge is 2.17. The summed E-state index contributed by atoms with van der Waals surface area (Å²) in [4.78, 5) is 3.62. The minimum Gasteiger partial charge on any atom is -0.278 e. The average molecular weight is 363 g/mol. The number of nitrogens with zero attached hydrogens (tertiary/aromatic N) is 3. The quantitative estimate of drug-likeness (QED) is 0.901. The van der Waals surface area contributed by atoms with Gasteiger partial charge in [0.2, 0.25) is 0 Å². The van der Waals surface area contributed by atoms with Gasteiger partial charge in [-0.05, 0) is 30.3 Å². The first-order valence-corrected chi connectivity index (χ1v) is 7.82. The third-order valence-electron chi connectivity index (χ3n) is 2.51. The van der Waals surface area contributed by atoms with Crippen LogP contribution in [-0.4, -0.2) is 13.4 Å². The van der Waals surface area contributed by atoms with E-state index in [0.29, 0.717) is 4.47 Å². The highest BCUT2D eigenvalue weighted by atomic mass is 79.9. The molecular weight excluding hydrogens is 356 g/mol. The maximum absolute atomic E-state index is 12.2. The molecule has 0 aliphatic heterocycles. The van der Waals surface area contributed by atoms with Crippen molar-refractivity contribution < 1.29 is 8.42 Å². The highest BCUT2D eigenvalue weighted by Crippen LogP contribution is 2.23. The van der Waals surface area contributed by atoms with Crippen LogP contribution >= 0.6 is 15.9 Å². The third kappa shape index (κ3) is 3.37. The minimum absolute atomic E-state index is 0.0923. The number of aromatic nitrogens is 1. The predicted molar refractivity (Wildman–Crippen MR) is 78.6 cm³/mol. The lowest BCUT2D eigenvalue weighted by Gasteiger charge is -2.09. The van der Waals surface area contributed by atoms with Crippen molar-refractivity contribution in [3.8, 4) is 12.1 Å². The van der Waals surface area contributed by atoms with Crippen molar-refractivity contribution in [2.24, 2.45) is 0 Å². The van der Waals surface area contributed by atoms with E-state index >= 15 is 0 Å². The van der Waals surface area contributed by atoms with Crippen LogP contribution in [0.2, 0.25) is 0 Å². The van der Waals surface area contributed by atoms with E-state index in [1.165, 1.54) is 24.3 Å². The lowest BCUT2D eigenvalue weighted by molar-refractivity contribution is 0.601. The van der Waals surface area contributed by atoms with Gasteiger partial charge in [-0.3, -0.25) is 4.72 Å². The summed E-state index contributed by atoms with van der Waals surface area (Å²) in [6.45, 7) is 0. The number of nitriles is 2. The van der Waals surface area contributed by atoms with E-state index in [0.717, 1.165) is 6.20 Å². The molecule has 104 valence electrons. The second-order valence-corrected chi connectivity index (χ2v) is 6.50. The summed E-state index contributed by atoms with van der Waals surface area (Å²) in [5.74, 6) is 0. The Balaban J connectivity index is 2.40. The Hall–Kier alpha value is -2.42. The topological polar surface area (TPSA) is 107 Å². The molecule has 1 heterocycles. The number of anilines is 1. The molecule has 1 N–H and O–H groups in total. The molecule has 0 saturated heterocycles. The van der Waals surface area contributed by atoms with Crippen LogP contribution < -0.4 is 4.72 Å². The summed E-state index contributed by atoms with van der Waals surface area (Å²) in [6.07, 6.45) is 1.09. The molecule has 0 bridgehead atoms. The van der Waals surface area contributed by atoms with E-state index in [1.54, 1.807) is 12.1 Å². The van der Waals surface area contributed by atoms with Crippen LogP contribution in [0.15, 0.2) is 45.9 Å². The maximum Gasteiger partial charge on any atom is 0.263 e. The van der Waals surface area contributed by atoms with Gasteiger partial charge in [-0.1, -0.05) is 15.9 Å². The molecule has 2 aromatic rings. The van der Waals surface area contributed by atoms with Crippen molar-refractivity contribution in [1.29, 1.82) is 10.5 Å². The lowest BCUT2D eigenvalue weighted by atomic mass is 10.2. The first-order valence-electron chi connectivity index (χ1n) is 5.55. The number of benzene rings is 1. The minimum atomic E-state index is -3.88. The Morgan fingerprint density at radius 3 is 2.48 bits per heavy atom. The van der Waals surface area contributed by atoms with Crippen molar-refractivity contribution in [2.45, 2.75) is 4.90 Å². The summed E-state index contributed by atoms with van der Waals surface area (Å²) in [7, 11) is -3.88. The number of nitrogens with one attached hydrogen (secondary N) is 1. The van der Waals surface area contributed by atoms with Crippen molar-refractivity contribution in [1.82, 2.24) is 4.98 Å². The summed E-state index contributed by atoms with van der Waals surface area (Å²) >= 11 is 3.22. The molecule has 1 aromatic heterocycles. The van der Waals surface area contributed by atoms with Crippen LogP contribution in [0.3, 0.4) is 0 Å². The van der Waals surface area contributed by atoms with Crippen LogP contribution in [0.1, 0.15) is 11.3 Å². The van der Waals surface area contributed by atoms with Crippen LogP contribution in [0.4, 0.5) is 5.69 Å². The molecule has 0 radical (unpaired) electrons. The van der Waals surface area contributed by atoms with E-state index in [2.05, 4.69) is 25.6 Å². The Morgan fingerprint density at radius 1 is 1.14 bits per heavy atom. The lowest BCUT2D eigenvalue weighted by Crippen LogP contribution is -2.14. The van der Waals surface area contributed by atoms with Gasteiger partial charge in [0, 0.05) is 10.7 Å². The monoisotopic (exact) mass is 362 g/mol. The van der Waals surface area contributed by atoms with Gasteiger partial charge < -0.3 is 0 Å². The fourth-order valence-electron chi connectivity index (χ4n) is 1.51. The average Bonchev–Trinajstić information content (AvgIpc) is 2.47. The van der Waals surface area contributed by atoms with Crippen molar-refractivity contribution in [2.75, 3.05) is 4.72 Å². The van der Waals surface area contributed by atoms with E-state index in [-0.39, 0.29) is 21.8 Å². The van der Waals surface area contributed by atoms with Gasteiger partial charge in [0.1, 0.15) is 22.7 Å². The van der Waals surface area contributed by atoms with Crippen LogP contribution in [0.25, 0.3) is 0 Å². The molecule has 0 aliphatic carbocycles. The van der Waals surface area contributed by atoms with Gasteiger partial charge >= 0.3 is 0 Å². The van der Waals surface area contributed by atoms with E-state index in [4.69, 9.17) is 10.5 Å². The number of halogens is 1. The second kappa shape index (κ2) is 5.92. The number of sulfonamides is 1. The van der Waals surface area contributed by atoms with Gasteiger partial charge in [-0.25, -0.2) is 13.4 Å². The summed E-state index contributed by atoms with van der Waals surface area (Å²) in [6, 6.07) is 10.9. The molecule has 0 spiro atoms. The second-order valence-electron chi connectivity index (χ2n) is 3.90. The molecule has 0 amide bonds. The van der Waals surface area contributed by atoms with Gasteiger partial charge in [0.15, 0.2) is 0 Å². The normalized spacial score (nSPS) is 10.4. The number of pyridine rings is 1. The number of rotatable bonds is 3. The van der Waals surface area contributed by atoms with Gasteiger partial charge in [0.25, 0.3) is 10.0 Å². The first kappa shape index (κ1) is 15.0. The van der Waals surface area contributed by atoms with Crippen molar-refractivity contribution in [3.05, 3.63) is 52.3 Å². The van der Waals surface area contributed by atoms with Crippen LogP contribution in [0, 0.1) is 22.7 Å². The number of hydrogen-bond donors (Lipinski definition) is 1. The molecular formula is C13H7BrN4O2S. The van der Waals surface area contributed by atoms with E-state index in [1.807, 2.05) is 6.07 Å². The summed E-state index contributed by atoms with van der Waals surface area (Å²) < 4.78 is 27.4. The molecule has 21 heavy (non-hydrogen) atoms. The van der Waals surface area contributed by atoms with Gasteiger partial charge in [-0.15, -0.1) is 0 Å². The van der Waals surface area contributed by atoms with Crippen molar-refractivity contribution in [3.63, 3.8) is 0 Å². The molecule has 1 aromatic carbocycles. The molecule has 8 heteroatoms. The molecule has 2 rings (SSSR count). The molecule has 0 fully saturated rings. The smallest absolute Gasteiger partial charge is 0.263 e. The zero-order chi connectivity index (χ0) is 15.5. The standard InChI is InChI=1S/C13H7BrN4O2S/c14-10-2-1-9(6-15)13(5-10)18-21(19,20)12-4-3-11(7-16)17-8-12/h1-5,8,18H. The first-order chi connectivity index (χ1) is 9.96. The Kier molecular flexibility index (Phi) is 4.22. The van der Waals surface area contributed by atoms with Crippen LogP contribution in [0.5, 0.6) is 0 Å². The molecule has 0 aliphatic rings. The molecule has 0 atom stereocenters. The van der Waals surface area contributed by atoms with Crippen LogP contribution in [-0.2, 0) is 10.0 Å². The molecule has 6 nitrogen and oxygen atoms in total.